The monoisotopic (exact) mass is 559 g/mol. The van der Waals surface area contributed by atoms with Crippen LogP contribution in [0.5, 0.6) is 23.0 Å². The summed E-state index contributed by atoms with van der Waals surface area (Å²) in [6, 6.07) is 17.2. The van der Waals surface area contributed by atoms with E-state index in [0.29, 0.717) is 39.6 Å². The van der Waals surface area contributed by atoms with Crippen molar-refractivity contribution in [1.82, 2.24) is 10.1 Å². The second-order valence-electron chi connectivity index (χ2n) is 8.98. The fourth-order valence-electron chi connectivity index (χ4n) is 4.23. The number of nitrogens with zero attached hydrogens (tertiary/aromatic N) is 2. The van der Waals surface area contributed by atoms with Gasteiger partial charge in [-0.15, -0.1) is 0 Å². The van der Waals surface area contributed by atoms with Crippen LogP contribution in [0.15, 0.2) is 59.1 Å². The van der Waals surface area contributed by atoms with Crippen molar-refractivity contribution in [2.24, 2.45) is 0 Å². The fourth-order valence-corrected chi connectivity index (χ4v) is 5.17. The molecule has 0 spiro atoms. The smallest absolute Gasteiger partial charge is 0.264 e. The van der Waals surface area contributed by atoms with Gasteiger partial charge in [0.15, 0.2) is 29.0 Å². The minimum absolute atomic E-state index is 0.159. The molecule has 0 aliphatic carbocycles. The zero-order chi connectivity index (χ0) is 28.2. The summed E-state index contributed by atoms with van der Waals surface area (Å²) < 4.78 is 28.9. The lowest BCUT2D eigenvalue weighted by Gasteiger charge is -2.13. The van der Waals surface area contributed by atoms with Gasteiger partial charge in [0.05, 0.1) is 31.5 Å². The molecule has 0 fully saturated rings. The van der Waals surface area contributed by atoms with E-state index in [1.54, 1.807) is 33.5 Å². The number of fused-ring (bicyclic) bond motifs is 1. The van der Waals surface area contributed by atoms with Crippen LogP contribution in [0, 0.1) is 6.92 Å². The molecule has 0 saturated heterocycles. The lowest BCUT2D eigenvalue weighted by atomic mass is 10.1. The van der Waals surface area contributed by atoms with E-state index in [0.717, 1.165) is 33.3 Å². The van der Waals surface area contributed by atoms with E-state index in [2.05, 4.69) is 34.5 Å². The van der Waals surface area contributed by atoms with E-state index in [9.17, 15) is 4.79 Å². The molecule has 5 aromatic rings. The van der Waals surface area contributed by atoms with Gasteiger partial charge in [-0.3, -0.25) is 10.1 Å². The molecule has 2 aromatic heterocycles. The highest BCUT2D eigenvalue weighted by Gasteiger charge is 2.18. The number of methoxy groups -OCH3 is 3. The van der Waals surface area contributed by atoms with E-state index in [-0.39, 0.29) is 12.5 Å². The zero-order valence-electron chi connectivity index (χ0n) is 22.9. The minimum Gasteiger partial charge on any atom is -0.493 e. The Morgan fingerprint density at radius 3 is 2.38 bits per heavy atom. The fraction of sp³-hybridized carbons (Fsp3) is 0.233. The summed E-state index contributed by atoms with van der Waals surface area (Å²) in [5.74, 6) is 2.35. The molecule has 2 heterocycles. The molecule has 0 aliphatic rings. The predicted octanol–water partition coefficient (Wildman–Crippen LogP) is 6.53. The first-order chi connectivity index (χ1) is 19.4. The van der Waals surface area contributed by atoms with Crippen LogP contribution in [0.4, 0.5) is 5.13 Å². The molecule has 0 bridgehead atoms. The Morgan fingerprint density at radius 1 is 0.925 bits per heavy atom. The highest BCUT2D eigenvalue weighted by Crippen LogP contribution is 2.41. The van der Waals surface area contributed by atoms with Gasteiger partial charge in [0.2, 0.25) is 5.75 Å². The molecule has 0 aliphatic heterocycles. The Kier molecular flexibility index (Phi) is 7.88. The number of amides is 1. The molecule has 10 heteroatoms. The molecular formula is C30H29N3O6S. The number of benzene rings is 3. The first kappa shape index (κ1) is 27.0. The first-order valence-corrected chi connectivity index (χ1v) is 13.4. The van der Waals surface area contributed by atoms with Crippen LogP contribution >= 0.6 is 11.3 Å². The number of thiazole rings is 1. The van der Waals surface area contributed by atoms with Crippen LogP contribution in [-0.2, 0) is 11.2 Å². The van der Waals surface area contributed by atoms with Gasteiger partial charge >= 0.3 is 0 Å². The minimum atomic E-state index is -0.288. The van der Waals surface area contributed by atoms with Crippen LogP contribution in [0.1, 0.15) is 18.1 Å². The Balaban J connectivity index is 1.30. The number of rotatable bonds is 10. The van der Waals surface area contributed by atoms with E-state index < -0.39 is 0 Å². The van der Waals surface area contributed by atoms with Gasteiger partial charge in [-0.05, 0) is 54.8 Å². The first-order valence-electron chi connectivity index (χ1n) is 12.6. The average molecular weight is 560 g/mol. The summed E-state index contributed by atoms with van der Waals surface area (Å²) in [5.41, 5.74) is 5.07. The maximum atomic E-state index is 12.6. The van der Waals surface area contributed by atoms with Crippen molar-refractivity contribution >= 4 is 32.6 Å². The average Bonchev–Trinajstić information content (AvgIpc) is 3.62. The predicted molar refractivity (Wildman–Crippen MR) is 155 cm³/mol. The maximum absolute atomic E-state index is 12.6. The molecule has 40 heavy (non-hydrogen) atoms. The molecule has 3 aromatic carbocycles. The molecule has 9 nitrogen and oxygen atoms in total. The van der Waals surface area contributed by atoms with Crippen molar-refractivity contribution in [2.45, 2.75) is 20.3 Å². The summed E-state index contributed by atoms with van der Waals surface area (Å²) >= 11 is 1.45. The van der Waals surface area contributed by atoms with Gasteiger partial charge in [0.1, 0.15) is 11.4 Å². The maximum Gasteiger partial charge on any atom is 0.264 e. The SMILES string of the molecule is CCc1ccc2nc(NC(=O)COc3cc(-c4cc(-c5cc(OC)c(OC)c(OC)c5)no4)ccc3C)sc2c1. The topological polar surface area (TPSA) is 105 Å². The molecule has 206 valence electrons. The second-order valence-corrected chi connectivity index (χ2v) is 10.0. The summed E-state index contributed by atoms with van der Waals surface area (Å²) in [6.45, 7) is 3.86. The third-order valence-electron chi connectivity index (χ3n) is 6.41. The standard InChI is InChI=1S/C30H29N3O6S/c1-6-18-8-10-21-27(11-18)40-30(31-21)32-28(34)16-38-23-12-19(9-7-17(23)2)24-15-22(33-39-24)20-13-25(35-3)29(37-5)26(14-20)36-4/h7-15H,6,16H2,1-5H3,(H,31,32,34). The number of anilines is 1. The third-order valence-corrected chi connectivity index (χ3v) is 7.34. The Bertz CT molecular complexity index is 1650. The van der Waals surface area contributed by atoms with Gasteiger partial charge in [-0.2, -0.15) is 0 Å². The van der Waals surface area contributed by atoms with Crippen molar-refractivity contribution in [3.63, 3.8) is 0 Å². The lowest BCUT2D eigenvalue weighted by Crippen LogP contribution is -2.20. The number of ether oxygens (including phenoxy) is 4. The highest BCUT2D eigenvalue weighted by molar-refractivity contribution is 7.22. The van der Waals surface area contributed by atoms with Gasteiger partial charge in [0, 0.05) is 17.2 Å². The summed E-state index contributed by atoms with van der Waals surface area (Å²) in [7, 11) is 4.67. The van der Waals surface area contributed by atoms with Crippen LogP contribution < -0.4 is 24.3 Å². The number of hydrogen-bond acceptors (Lipinski definition) is 9. The van der Waals surface area contributed by atoms with Crippen LogP contribution in [0.2, 0.25) is 0 Å². The van der Waals surface area contributed by atoms with Gasteiger partial charge in [0.25, 0.3) is 5.91 Å². The van der Waals surface area contributed by atoms with Crippen molar-refractivity contribution in [1.29, 1.82) is 0 Å². The number of carbonyl (C=O) groups excluding carboxylic acids is 1. The number of hydrogen-bond donors (Lipinski definition) is 1. The molecule has 1 amide bonds. The zero-order valence-corrected chi connectivity index (χ0v) is 23.7. The Morgan fingerprint density at radius 2 is 1.68 bits per heavy atom. The number of aryl methyl sites for hydroxylation is 2. The summed E-state index contributed by atoms with van der Waals surface area (Å²) in [5, 5.41) is 7.62. The molecule has 0 unspecified atom stereocenters. The summed E-state index contributed by atoms with van der Waals surface area (Å²) in [4.78, 5) is 17.1. The van der Waals surface area contributed by atoms with Gasteiger partial charge in [-0.1, -0.05) is 41.6 Å². The van der Waals surface area contributed by atoms with Crippen molar-refractivity contribution in [2.75, 3.05) is 33.3 Å². The lowest BCUT2D eigenvalue weighted by molar-refractivity contribution is -0.118. The molecule has 1 N–H and O–H groups in total. The molecule has 5 rings (SSSR count). The molecule has 0 saturated carbocycles. The Hall–Kier alpha value is -4.57. The number of carbonyl (C=O) groups is 1. The summed E-state index contributed by atoms with van der Waals surface area (Å²) in [6.07, 6.45) is 0.947. The van der Waals surface area contributed by atoms with Gasteiger partial charge < -0.3 is 23.5 Å². The third kappa shape index (κ3) is 5.57. The van der Waals surface area contributed by atoms with Gasteiger partial charge in [-0.25, -0.2) is 4.98 Å². The van der Waals surface area contributed by atoms with Crippen LogP contribution in [0.25, 0.3) is 32.8 Å². The van der Waals surface area contributed by atoms with Crippen LogP contribution in [-0.4, -0.2) is 44.0 Å². The number of aromatic nitrogens is 2. The van der Waals surface area contributed by atoms with E-state index in [4.69, 9.17) is 23.5 Å². The number of nitrogens with one attached hydrogen (secondary N) is 1. The normalized spacial score (nSPS) is 10.9. The second kappa shape index (κ2) is 11.7. The molecule has 0 atom stereocenters. The van der Waals surface area contributed by atoms with E-state index in [1.165, 1.54) is 16.9 Å². The van der Waals surface area contributed by atoms with Crippen molar-refractivity contribution in [3.05, 3.63) is 65.7 Å². The van der Waals surface area contributed by atoms with Crippen molar-refractivity contribution in [3.8, 4) is 45.6 Å². The molecule has 0 radical (unpaired) electrons. The van der Waals surface area contributed by atoms with E-state index in [1.807, 2.05) is 37.3 Å². The Labute approximate surface area is 235 Å². The van der Waals surface area contributed by atoms with Crippen molar-refractivity contribution < 1.29 is 28.3 Å². The largest absolute Gasteiger partial charge is 0.493 e. The van der Waals surface area contributed by atoms with E-state index >= 15 is 0 Å². The van der Waals surface area contributed by atoms with Crippen LogP contribution in [0.3, 0.4) is 0 Å². The molecular weight excluding hydrogens is 530 g/mol. The highest BCUT2D eigenvalue weighted by atomic mass is 32.1. The quantitative estimate of drug-likeness (QED) is 0.206.